The van der Waals surface area contributed by atoms with Crippen molar-refractivity contribution in [1.29, 1.82) is 0 Å². The summed E-state index contributed by atoms with van der Waals surface area (Å²) in [6, 6.07) is 15.2. The van der Waals surface area contributed by atoms with Crippen molar-refractivity contribution in [3.8, 4) is 0 Å². The number of nitrogens with zero attached hydrogens (tertiary/aromatic N) is 1. The summed E-state index contributed by atoms with van der Waals surface area (Å²) in [4.78, 5) is 17.5. The first-order valence-corrected chi connectivity index (χ1v) is 9.85. The lowest BCUT2D eigenvalue weighted by Crippen LogP contribution is -2.39. The SMILES string of the molecule is O=C(OCc1ccccc1)N1CCCC1C(O)c1c[nH]c2ccc(Br)cc12. The molecule has 2 aromatic carbocycles. The third-order valence-electron chi connectivity index (χ3n) is 5.10. The van der Waals surface area contributed by atoms with Gasteiger partial charge in [-0.3, -0.25) is 0 Å². The lowest BCUT2D eigenvalue weighted by molar-refractivity contribution is 0.0483. The smallest absolute Gasteiger partial charge is 0.410 e. The largest absolute Gasteiger partial charge is 0.445 e. The van der Waals surface area contributed by atoms with E-state index in [1.54, 1.807) is 4.90 Å². The Hall–Kier alpha value is -2.31. The maximum atomic E-state index is 12.6. The first kappa shape index (κ1) is 18.1. The molecule has 0 saturated carbocycles. The third-order valence-corrected chi connectivity index (χ3v) is 5.59. The van der Waals surface area contributed by atoms with Crippen molar-refractivity contribution in [2.45, 2.75) is 31.6 Å². The molecule has 1 aromatic heterocycles. The number of carbonyl (C=O) groups is 1. The molecule has 0 bridgehead atoms. The second kappa shape index (κ2) is 7.74. The highest BCUT2D eigenvalue weighted by atomic mass is 79.9. The first-order chi connectivity index (χ1) is 13.1. The molecule has 140 valence electrons. The number of rotatable bonds is 4. The zero-order valence-corrected chi connectivity index (χ0v) is 16.4. The topological polar surface area (TPSA) is 65.6 Å². The van der Waals surface area contributed by atoms with E-state index >= 15 is 0 Å². The molecule has 1 aliphatic rings. The van der Waals surface area contributed by atoms with Gasteiger partial charge in [-0.2, -0.15) is 0 Å². The highest BCUT2D eigenvalue weighted by molar-refractivity contribution is 9.10. The van der Waals surface area contributed by atoms with Crippen molar-refractivity contribution in [2.75, 3.05) is 6.54 Å². The van der Waals surface area contributed by atoms with Gasteiger partial charge < -0.3 is 19.7 Å². The van der Waals surface area contributed by atoms with E-state index in [0.29, 0.717) is 6.54 Å². The molecule has 6 heteroatoms. The second-order valence-electron chi connectivity index (χ2n) is 6.82. The van der Waals surface area contributed by atoms with Crippen molar-refractivity contribution in [3.63, 3.8) is 0 Å². The molecule has 5 nitrogen and oxygen atoms in total. The van der Waals surface area contributed by atoms with Crippen LogP contribution in [-0.2, 0) is 11.3 Å². The van der Waals surface area contributed by atoms with Gasteiger partial charge in [-0.1, -0.05) is 46.3 Å². The van der Waals surface area contributed by atoms with Crippen molar-refractivity contribution in [3.05, 3.63) is 70.3 Å². The van der Waals surface area contributed by atoms with Crippen LogP contribution in [0.3, 0.4) is 0 Å². The zero-order valence-electron chi connectivity index (χ0n) is 14.8. The fourth-order valence-electron chi connectivity index (χ4n) is 3.72. The molecule has 3 aromatic rings. The zero-order chi connectivity index (χ0) is 18.8. The Morgan fingerprint density at radius 2 is 2.11 bits per heavy atom. The summed E-state index contributed by atoms with van der Waals surface area (Å²) in [5.74, 6) is 0. The lowest BCUT2D eigenvalue weighted by Gasteiger charge is -2.28. The normalized spacial score (nSPS) is 18.0. The Morgan fingerprint density at radius 1 is 1.30 bits per heavy atom. The number of hydrogen-bond acceptors (Lipinski definition) is 3. The van der Waals surface area contributed by atoms with Crippen molar-refractivity contribution >= 4 is 32.9 Å². The molecule has 4 rings (SSSR count). The summed E-state index contributed by atoms with van der Waals surface area (Å²) >= 11 is 3.48. The number of carbonyl (C=O) groups excluding carboxylic acids is 1. The molecule has 0 spiro atoms. The number of ether oxygens (including phenoxy) is 1. The van der Waals surface area contributed by atoms with Gasteiger partial charge in [-0.25, -0.2) is 4.79 Å². The number of hydrogen-bond donors (Lipinski definition) is 2. The van der Waals surface area contributed by atoms with Gasteiger partial charge in [0.15, 0.2) is 0 Å². The summed E-state index contributed by atoms with van der Waals surface area (Å²) in [5, 5.41) is 12.0. The Morgan fingerprint density at radius 3 is 2.93 bits per heavy atom. The van der Waals surface area contributed by atoms with E-state index in [2.05, 4.69) is 20.9 Å². The number of H-pyrrole nitrogens is 1. The highest BCUT2D eigenvalue weighted by Gasteiger charge is 2.36. The summed E-state index contributed by atoms with van der Waals surface area (Å²) in [5.41, 5.74) is 2.71. The van der Waals surface area contributed by atoms with E-state index in [1.165, 1.54) is 0 Å². The van der Waals surface area contributed by atoms with Crippen LogP contribution in [0.1, 0.15) is 30.1 Å². The van der Waals surface area contributed by atoms with E-state index in [-0.39, 0.29) is 18.7 Å². The van der Waals surface area contributed by atoms with E-state index in [1.807, 2.05) is 54.7 Å². The van der Waals surface area contributed by atoms with Crippen molar-refractivity contribution in [1.82, 2.24) is 9.88 Å². The molecule has 27 heavy (non-hydrogen) atoms. The average molecular weight is 429 g/mol. The van der Waals surface area contributed by atoms with Gasteiger partial charge in [0, 0.05) is 33.7 Å². The number of aliphatic hydroxyl groups is 1. The predicted octanol–water partition coefficient (Wildman–Crippen LogP) is 4.77. The standard InChI is InChI=1S/C21H21BrN2O3/c22-15-8-9-18-16(11-15)17(12-23-18)20(25)19-7-4-10-24(19)21(26)27-13-14-5-2-1-3-6-14/h1-3,5-6,8-9,11-12,19-20,23,25H,4,7,10,13H2. The molecule has 2 N–H and O–H groups in total. The molecular weight excluding hydrogens is 408 g/mol. The van der Waals surface area contributed by atoms with Gasteiger partial charge in [0.05, 0.1) is 6.04 Å². The minimum Gasteiger partial charge on any atom is -0.445 e. The maximum Gasteiger partial charge on any atom is 0.410 e. The van der Waals surface area contributed by atoms with Gasteiger partial charge in [-0.05, 0) is 36.6 Å². The number of halogens is 1. The first-order valence-electron chi connectivity index (χ1n) is 9.05. The van der Waals surface area contributed by atoms with Gasteiger partial charge in [0.2, 0.25) is 0 Å². The molecule has 1 amide bonds. The molecule has 2 atom stereocenters. The van der Waals surface area contributed by atoms with Crippen LogP contribution in [0, 0.1) is 0 Å². The van der Waals surface area contributed by atoms with Gasteiger partial charge >= 0.3 is 6.09 Å². The number of aromatic amines is 1. The van der Waals surface area contributed by atoms with Crippen molar-refractivity contribution in [2.24, 2.45) is 0 Å². The number of fused-ring (bicyclic) bond motifs is 1. The summed E-state index contributed by atoms with van der Waals surface area (Å²) < 4.78 is 6.43. The van der Waals surface area contributed by atoms with E-state index in [9.17, 15) is 9.90 Å². The van der Waals surface area contributed by atoms with E-state index < -0.39 is 6.10 Å². The van der Waals surface area contributed by atoms with Crippen LogP contribution >= 0.6 is 15.9 Å². The number of nitrogens with one attached hydrogen (secondary N) is 1. The van der Waals surface area contributed by atoms with E-state index in [0.717, 1.165) is 39.3 Å². The molecule has 2 unspecified atom stereocenters. The summed E-state index contributed by atoms with van der Waals surface area (Å²) in [6.45, 7) is 0.834. The predicted molar refractivity (Wildman–Crippen MR) is 107 cm³/mol. The summed E-state index contributed by atoms with van der Waals surface area (Å²) in [6.07, 6.45) is 2.30. The summed E-state index contributed by atoms with van der Waals surface area (Å²) in [7, 11) is 0. The average Bonchev–Trinajstić information content (AvgIpc) is 3.33. The number of amides is 1. The Labute approximate surface area is 166 Å². The maximum absolute atomic E-state index is 12.6. The van der Waals surface area contributed by atoms with Crippen LogP contribution in [0.15, 0.2) is 59.2 Å². The fourth-order valence-corrected chi connectivity index (χ4v) is 4.08. The Kier molecular flexibility index (Phi) is 5.18. The van der Waals surface area contributed by atoms with Crippen LogP contribution in [0.2, 0.25) is 0 Å². The van der Waals surface area contributed by atoms with Gasteiger partial charge in [0.25, 0.3) is 0 Å². The minimum absolute atomic E-state index is 0.235. The molecule has 0 aliphatic carbocycles. The van der Waals surface area contributed by atoms with E-state index in [4.69, 9.17) is 4.74 Å². The lowest BCUT2D eigenvalue weighted by atomic mass is 10.00. The van der Waals surface area contributed by atoms with Gasteiger partial charge in [0.1, 0.15) is 12.7 Å². The van der Waals surface area contributed by atoms with Crippen LogP contribution in [0.4, 0.5) is 4.79 Å². The third kappa shape index (κ3) is 3.73. The number of aromatic nitrogens is 1. The monoisotopic (exact) mass is 428 g/mol. The quantitative estimate of drug-likeness (QED) is 0.628. The number of aliphatic hydroxyl groups excluding tert-OH is 1. The minimum atomic E-state index is -0.764. The van der Waals surface area contributed by atoms with Crippen LogP contribution < -0.4 is 0 Å². The van der Waals surface area contributed by atoms with Crippen LogP contribution in [-0.4, -0.2) is 33.7 Å². The Balaban J connectivity index is 1.50. The molecule has 1 saturated heterocycles. The fraction of sp³-hybridized carbons (Fsp3) is 0.286. The molecule has 0 radical (unpaired) electrons. The van der Waals surface area contributed by atoms with Gasteiger partial charge in [-0.15, -0.1) is 0 Å². The number of benzene rings is 2. The Bertz CT molecular complexity index is 941. The molecule has 2 heterocycles. The molecular formula is C21H21BrN2O3. The highest BCUT2D eigenvalue weighted by Crippen LogP contribution is 2.34. The van der Waals surface area contributed by atoms with Crippen LogP contribution in [0.5, 0.6) is 0 Å². The molecule has 1 aliphatic heterocycles. The molecule has 1 fully saturated rings. The number of likely N-dealkylation sites (tertiary alicyclic amines) is 1. The van der Waals surface area contributed by atoms with Crippen molar-refractivity contribution < 1.29 is 14.6 Å². The second-order valence-corrected chi connectivity index (χ2v) is 7.74. The van der Waals surface area contributed by atoms with Crippen LogP contribution in [0.25, 0.3) is 10.9 Å².